The third kappa shape index (κ3) is 3.55. The molecule has 1 aliphatic heterocycles. The highest BCUT2D eigenvalue weighted by molar-refractivity contribution is 5.92. The lowest BCUT2D eigenvalue weighted by molar-refractivity contribution is 0.246. The second-order valence-corrected chi connectivity index (χ2v) is 6.22. The summed E-state index contributed by atoms with van der Waals surface area (Å²) < 4.78 is 0. The van der Waals surface area contributed by atoms with Gasteiger partial charge in [0.15, 0.2) is 0 Å². The van der Waals surface area contributed by atoms with Gasteiger partial charge in [-0.15, -0.1) is 0 Å². The van der Waals surface area contributed by atoms with Crippen LogP contribution in [0.1, 0.15) is 12.8 Å². The van der Waals surface area contributed by atoms with Gasteiger partial charge in [0.25, 0.3) is 0 Å². The van der Waals surface area contributed by atoms with Gasteiger partial charge in [-0.3, -0.25) is 5.10 Å². The summed E-state index contributed by atoms with van der Waals surface area (Å²) in [5, 5.41) is 13.8. The number of nitrogens with zero attached hydrogens (tertiary/aromatic N) is 3. The number of urea groups is 1. The molecule has 1 aliphatic rings. The molecule has 0 aliphatic carbocycles. The number of nitrogens with one attached hydrogen (secondary N) is 3. The lowest BCUT2D eigenvalue weighted by atomic mass is 10.1. The summed E-state index contributed by atoms with van der Waals surface area (Å²) in [5.41, 5.74) is 1.71. The molecule has 1 fully saturated rings. The fourth-order valence-electron chi connectivity index (χ4n) is 3.17. The Labute approximate surface area is 145 Å². The van der Waals surface area contributed by atoms with E-state index in [1.807, 2.05) is 42.6 Å². The van der Waals surface area contributed by atoms with Crippen LogP contribution in [0.15, 0.2) is 48.8 Å². The summed E-state index contributed by atoms with van der Waals surface area (Å²) in [7, 11) is 0. The zero-order chi connectivity index (χ0) is 17.1. The van der Waals surface area contributed by atoms with E-state index < -0.39 is 0 Å². The van der Waals surface area contributed by atoms with Crippen LogP contribution in [0, 0.1) is 0 Å². The second-order valence-electron chi connectivity index (χ2n) is 6.22. The highest BCUT2D eigenvalue weighted by atomic mass is 16.2. The molecule has 25 heavy (non-hydrogen) atoms. The number of aromatic nitrogens is 3. The number of anilines is 2. The first-order valence-corrected chi connectivity index (χ1v) is 8.44. The van der Waals surface area contributed by atoms with Gasteiger partial charge in [-0.25, -0.2) is 9.78 Å². The number of pyridine rings is 1. The minimum atomic E-state index is -0.167. The number of carbonyl (C=O) groups is 1. The zero-order valence-corrected chi connectivity index (χ0v) is 13.8. The SMILES string of the molecule is O=C(Nc1ccc2[nH]ncc2c1)NC1CCN(c2ccccn2)CC1. The first-order chi connectivity index (χ1) is 12.3. The van der Waals surface area contributed by atoms with Crippen LogP contribution in [0.5, 0.6) is 0 Å². The quantitative estimate of drug-likeness (QED) is 0.686. The van der Waals surface area contributed by atoms with Crippen molar-refractivity contribution in [3.8, 4) is 0 Å². The van der Waals surface area contributed by atoms with Crippen molar-refractivity contribution < 1.29 is 4.79 Å². The van der Waals surface area contributed by atoms with Gasteiger partial charge in [-0.1, -0.05) is 6.07 Å². The van der Waals surface area contributed by atoms with Crippen molar-refractivity contribution in [2.75, 3.05) is 23.3 Å². The number of H-pyrrole nitrogens is 1. The van der Waals surface area contributed by atoms with E-state index in [1.54, 1.807) is 6.20 Å². The van der Waals surface area contributed by atoms with Crippen LogP contribution in [-0.4, -0.2) is 40.3 Å². The first kappa shape index (κ1) is 15.4. The molecule has 0 spiro atoms. The van der Waals surface area contributed by atoms with E-state index in [9.17, 15) is 4.79 Å². The van der Waals surface area contributed by atoms with Crippen LogP contribution in [0.4, 0.5) is 16.3 Å². The Hall–Kier alpha value is -3.09. The maximum atomic E-state index is 12.2. The number of piperidine rings is 1. The Bertz CT molecular complexity index is 854. The minimum absolute atomic E-state index is 0.167. The van der Waals surface area contributed by atoms with E-state index in [-0.39, 0.29) is 12.1 Å². The number of hydrogen-bond donors (Lipinski definition) is 3. The highest BCUT2D eigenvalue weighted by Gasteiger charge is 2.21. The molecule has 1 aromatic carbocycles. The van der Waals surface area contributed by atoms with Crippen LogP contribution in [0.3, 0.4) is 0 Å². The van der Waals surface area contributed by atoms with Gasteiger partial charge < -0.3 is 15.5 Å². The minimum Gasteiger partial charge on any atom is -0.356 e. The second kappa shape index (κ2) is 6.80. The smallest absolute Gasteiger partial charge is 0.319 e. The van der Waals surface area contributed by atoms with Crippen LogP contribution in [0.25, 0.3) is 10.9 Å². The normalized spacial score (nSPS) is 15.3. The molecular formula is C18H20N6O. The van der Waals surface area contributed by atoms with Gasteiger partial charge in [-0.05, 0) is 43.2 Å². The highest BCUT2D eigenvalue weighted by Crippen LogP contribution is 2.18. The average Bonchev–Trinajstić information content (AvgIpc) is 3.11. The van der Waals surface area contributed by atoms with E-state index in [4.69, 9.17) is 0 Å². The van der Waals surface area contributed by atoms with Gasteiger partial charge in [0.1, 0.15) is 5.82 Å². The van der Waals surface area contributed by atoms with Gasteiger partial charge >= 0.3 is 6.03 Å². The molecule has 2 amide bonds. The zero-order valence-electron chi connectivity index (χ0n) is 13.8. The Morgan fingerprint density at radius 1 is 1.20 bits per heavy atom. The van der Waals surface area contributed by atoms with Crippen molar-refractivity contribution in [2.24, 2.45) is 0 Å². The lowest BCUT2D eigenvalue weighted by Crippen LogP contribution is -2.46. The van der Waals surface area contributed by atoms with E-state index in [2.05, 4.69) is 30.7 Å². The van der Waals surface area contributed by atoms with Crippen molar-refractivity contribution in [3.63, 3.8) is 0 Å². The molecule has 128 valence electrons. The van der Waals surface area contributed by atoms with Crippen molar-refractivity contribution >= 4 is 28.4 Å². The van der Waals surface area contributed by atoms with Crippen molar-refractivity contribution in [3.05, 3.63) is 48.8 Å². The topological polar surface area (TPSA) is 85.9 Å². The monoisotopic (exact) mass is 336 g/mol. The maximum absolute atomic E-state index is 12.2. The molecule has 0 atom stereocenters. The summed E-state index contributed by atoms with van der Waals surface area (Å²) in [6.07, 6.45) is 5.37. The van der Waals surface area contributed by atoms with Gasteiger partial charge in [0, 0.05) is 36.4 Å². The fraction of sp³-hybridized carbons (Fsp3) is 0.278. The molecule has 0 radical (unpaired) electrons. The van der Waals surface area contributed by atoms with Crippen LogP contribution in [0.2, 0.25) is 0 Å². The van der Waals surface area contributed by atoms with Crippen LogP contribution in [-0.2, 0) is 0 Å². The molecule has 3 aromatic rings. The number of benzene rings is 1. The molecule has 0 bridgehead atoms. The summed E-state index contributed by atoms with van der Waals surface area (Å²) in [6, 6.07) is 11.6. The Kier molecular flexibility index (Phi) is 4.20. The van der Waals surface area contributed by atoms with Gasteiger partial charge in [0.2, 0.25) is 0 Å². The van der Waals surface area contributed by atoms with Crippen molar-refractivity contribution in [1.29, 1.82) is 0 Å². The average molecular weight is 336 g/mol. The molecule has 0 saturated carbocycles. The molecule has 0 unspecified atom stereocenters. The molecule has 3 heterocycles. The number of hydrogen-bond acceptors (Lipinski definition) is 4. The Morgan fingerprint density at radius 2 is 2.08 bits per heavy atom. The van der Waals surface area contributed by atoms with E-state index in [0.717, 1.165) is 48.3 Å². The standard InChI is InChI=1S/C18H20N6O/c25-18(22-15-4-5-16-13(11-15)12-20-23-16)21-14-6-9-24(10-7-14)17-3-1-2-8-19-17/h1-5,8,11-12,14H,6-7,9-10H2,(H,20,23)(H2,21,22,25). The molecule has 2 aromatic heterocycles. The van der Waals surface area contributed by atoms with Gasteiger partial charge in [0.05, 0.1) is 11.7 Å². The van der Waals surface area contributed by atoms with Crippen LogP contribution >= 0.6 is 0 Å². The number of rotatable bonds is 3. The van der Waals surface area contributed by atoms with E-state index >= 15 is 0 Å². The van der Waals surface area contributed by atoms with Crippen molar-refractivity contribution in [2.45, 2.75) is 18.9 Å². The third-order valence-corrected chi connectivity index (χ3v) is 4.50. The largest absolute Gasteiger partial charge is 0.356 e. The third-order valence-electron chi connectivity index (χ3n) is 4.50. The fourth-order valence-corrected chi connectivity index (χ4v) is 3.17. The Morgan fingerprint density at radius 3 is 2.88 bits per heavy atom. The molecule has 7 heteroatoms. The predicted molar refractivity (Wildman–Crippen MR) is 97.7 cm³/mol. The van der Waals surface area contributed by atoms with E-state index in [0.29, 0.717) is 0 Å². The molecule has 1 saturated heterocycles. The van der Waals surface area contributed by atoms with Crippen molar-refractivity contribution in [1.82, 2.24) is 20.5 Å². The summed E-state index contributed by atoms with van der Waals surface area (Å²) >= 11 is 0. The summed E-state index contributed by atoms with van der Waals surface area (Å²) in [6.45, 7) is 1.78. The summed E-state index contributed by atoms with van der Waals surface area (Å²) in [4.78, 5) is 18.9. The number of fused-ring (bicyclic) bond motifs is 1. The number of carbonyl (C=O) groups excluding carboxylic acids is 1. The number of aromatic amines is 1. The molecular weight excluding hydrogens is 316 g/mol. The maximum Gasteiger partial charge on any atom is 0.319 e. The van der Waals surface area contributed by atoms with Gasteiger partial charge in [-0.2, -0.15) is 5.10 Å². The molecule has 3 N–H and O–H groups in total. The molecule has 7 nitrogen and oxygen atoms in total. The summed E-state index contributed by atoms with van der Waals surface area (Å²) in [5.74, 6) is 0.999. The molecule has 4 rings (SSSR count). The Balaban J connectivity index is 1.30. The predicted octanol–water partition coefficient (Wildman–Crippen LogP) is 2.75. The van der Waals surface area contributed by atoms with E-state index in [1.165, 1.54) is 0 Å². The first-order valence-electron chi connectivity index (χ1n) is 8.44. The van der Waals surface area contributed by atoms with Crippen LogP contribution < -0.4 is 15.5 Å². The number of amides is 2. The lowest BCUT2D eigenvalue weighted by Gasteiger charge is -2.33.